The van der Waals surface area contributed by atoms with Gasteiger partial charge in [-0.3, -0.25) is 0 Å². The van der Waals surface area contributed by atoms with Crippen LogP contribution in [0.2, 0.25) is 0 Å². The summed E-state index contributed by atoms with van der Waals surface area (Å²) in [7, 11) is 0. The molecule has 1 N–H and O–H groups in total. The molecular weight excluding hydrogens is 306 g/mol. The summed E-state index contributed by atoms with van der Waals surface area (Å²) in [4.78, 5) is 0. The van der Waals surface area contributed by atoms with Crippen LogP contribution in [0, 0.1) is 5.82 Å². The smallest absolute Gasteiger partial charge is 0.317 e. The molecule has 2 aromatic rings. The lowest BCUT2D eigenvalue weighted by Gasteiger charge is -2.23. The Morgan fingerprint density at radius 1 is 0.913 bits per heavy atom. The van der Waals surface area contributed by atoms with Crippen molar-refractivity contribution in [2.24, 2.45) is 0 Å². The normalized spacial score (nSPS) is 16.5. The summed E-state index contributed by atoms with van der Waals surface area (Å²) in [6.45, 7) is 1.75. The summed E-state index contributed by atoms with van der Waals surface area (Å²) < 4.78 is 52.5. The molecule has 1 saturated heterocycles. The number of nitrogens with one attached hydrogen (secondary N) is 1. The van der Waals surface area contributed by atoms with Crippen molar-refractivity contribution in [1.82, 2.24) is 5.32 Å². The largest absolute Gasteiger partial charge is 0.416 e. The predicted octanol–water partition coefficient (Wildman–Crippen LogP) is 4.98. The lowest BCUT2D eigenvalue weighted by molar-refractivity contribution is -0.137. The van der Waals surface area contributed by atoms with E-state index in [1.54, 1.807) is 6.07 Å². The molecule has 2 aromatic carbocycles. The number of benzene rings is 2. The van der Waals surface area contributed by atoms with Crippen LogP contribution < -0.4 is 5.32 Å². The van der Waals surface area contributed by atoms with Crippen LogP contribution in [0.15, 0.2) is 42.5 Å². The van der Waals surface area contributed by atoms with E-state index in [0.29, 0.717) is 11.1 Å². The van der Waals surface area contributed by atoms with Gasteiger partial charge in [0, 0.05) is 0 Å². The lowest BCUT2D eigenvalue weighted by atomic mass is 9.88. The summed E-state index contributed by atoms with van der Waals surface area (Å²) in [6.07, 6.45) is -2.59. The SMILES string of the molecule is Fc1cc(-c2cccc(C(F)(F)F)c2)cc(C2CCNCC2)c1. The zero-order valence-corrected chi connectivity index (χ0v) is 12.5. The standard InChI is InChI=1S/C18H17F4N/c19-17-10-14(12-4-6-23-7-5-12)8-15(11-17)13-2-1-3-16(9-13)18(20,21)22/h1-3,8-12,23H,4-7H2. The maximum atomic E-state index is 14.0. The van der Waals surface area contributed by atoms with Crippen molar-refractivity contribution in [3.05, 3.63) is 59.4 Å². The van der Waals surface area contributed by atoms with Crippen LogP contribution in [0.1, 0.15) is 29.9 Å². The molecule has 1 heterocycles. The van der Waals surface area contributed by atoms with Crippen LogP contribution in [0.4, 0.5) is 17.6 Å². The van der Waals surface area contributed by atoms with Gasteiger partial charge in [-0.05, 0) is 72.8 Å². The topological polar surface area (TPSA) is 12.0 Å². The van der Waals surface area contributed by atoms with Gasteiger partial charge in [0.1, 0.15) is 5.82 Å². The quantitative estimate of drug-likeness (QED) is 0.769. The van der Waals surface area contributed by atoms with Crippen molar-refractivity contribution in [2.75, 3.05) is 13.1 Å². The molecule has 1 fully saturated rings. The van der Waals surface area contributed by atoms with E-state index >= 15 is 0 Å². The van der Waals surface area contributed by atoms with Crippen LogP contribution in [0.5, 0.6) is 0 Å². The van der Waals surface area contributed by atoms with Gasteiger partial charge in [0.05, 0.1) is 5.56 Å². The number of alkyl halides is 3. The first-order valence-electron chi connectivity index (χ1n) is 7.62. The third-order valence-electron chi connectivity index (χ3n) is 4.25. The Balaban J connectivity index is 1.98. The van der Waals surface area contributed by atoms with Crippen LogP contribution in [0.25, 0.3) is 11.1 Å². The van der Waals surface area contributed by atoms with Crippen LogP contribution in [-0.2, 0) is 6.18 Å². The molecule has 0 unspecified atom stereocenters. The Labute approximate surface area is 132 Å². The van der Waals surface area contributed by atoms with Gasteiger partial charge in [0.2, 0.25) is 0 Å². The maximum Gasteiger partial charge on any atom is 0.416 e. The van der Waals surface area contributed by atoms with Crippen LogP contribution in [0.3, 0.4) is 0 Å². The summed E-state index contributed by atoms with van der Waals surface area (Å²) >= 11 is 0. The Kier molecular flexibility index (Phi) is 4.39. The second-order valence-corrected chi connectivity index (χ2v) is 5.88. The van der Waals surface area contributed by atoms with Crippen molar-refractivity contribution in [2.45, 2.75) is 24.9 Å². The highest BCUT2D eigenvalue weighted by Gasteiger charge is 2.30. The molecule has 1 aliphatic heterocycles. The van der Waals surface area contributed by atoms with Crippen molar-refractivity contribution in [3.63, 3.8) is 0 Å². The highest BCUT2D eigenvalue weighted by Crippen LogP contribution is 2.34. The average Bonchev–Trinajstić information content (AvgIpc) is 2.54. The summed E-state index contributed by atoms with van der Waals surface area (Å²) in [5.74, 6) is -0.162. The molecule has 0 saturated carbocycles. The van der Waals surface area contributed by atoms with E-state index < -0.39 is 17.6 Å². The van der Waals surface area contributed by atoms with Crippen molar-refractivity contribution in [1.29, 1.82) is 0 Å². The molecule has 0 aliphatic carbocycles. The number of halogens is 4. The minimum Gasteiger partial charge on any atom is -0.317 e. The molecule has 3 rings (SSSR count). The van der Waals surface area contributed by atoms with Gasteiger partial charge in [-0.25, -0.2) is 4.39 Å². The van der Waals surface area contributed by atoms with E-state index in [9.17, 15) is 17.6 Å². The summed E-state index contributed by atoms with van der Waals surface area (Å²) in [5, 5.41) is 3.25. The third kappa shape index (κ3) is 3.72. The van der Waals surface area contributed by atoms with Gasteiger partial charge >= 0.3 is 6.18 Å². The fourth-order valence-electron chi connectivity index (χ4n) is 3.05. The maximum absolute atomic E-state index is 14.0. The Bertz CT molecular complexity index is 688. The van der Waals surface area contributed by atoms with E-state index in [1.165, 1.54) is 18.2 Å². The van der Waals surface area contributed by atoms with Gasteiger partial charge in [-0.1, -0.05) is 18.2 Å². The fraction of sp³-hybridized carbons (Fsp3) is 0.333. The van der Waals surface area contributed by atoms with Gasteiger partial charge in [0.15, 0.2) is 0 Å². The fourth-order valence-corrected chi connectivity index (χ4v) is 3.05. The monoisotopic (exact) mass is 323 g/mol. The molecule has 1 aliphatic rings. The summed E-state index contributed by atoms with van der Waals surface area (Å²) in [6, 6.07) is 9.63. The summed E-state index contributed by atoms with van der Waals surface area (Å²) in [5.41, 5.74) is 1.01. The van der Waals surface area contributed by atoms with Crippen molar-refractivity contribution >= 4 is 0 Å². The van der Waals surface area contributed by atoms with E-state index in [4.69, 9.17) is 0 Å². The molecule has 0 spiro atoms. The molecule has 0 bridgehead atoms. The highest BCUT2D eigenvalue weighted by molar-refractivity contribution is 5.65. The van der Waals surface area contributed by atoms with Crippen LogP contribution in [-0.4, -0.2) is 13.1 Å². The van der Waals surface area contributed by atoms with E-state index in [2.05, 4.69) is 5.32 Å². The molecule has 0 radical (unpaired) electrons. The first-order valence-corrected chi connectivity index (χ1v) is 7.62. The first-order chi connectivity index (χ1) is 10.9. The molecule has 122 valence electrons. The van der Waals surface area contributed by atoms with E-state index in [0.717, 1.165) is 43.6 Å². The van der Waals surface area contributed by atoms with Crippen molar-refractivity contribution in [3.8, 4) is 11.1 Å². The highest BCUT2D eigenvalue weighted by atomic mass is 19.4. The number of hydrogen-bond acceptors (Lipinski definition) is 1. The third-order valence-corrected chi connectivity index (χ3v) is 4.25. The van der Waals surface area contributed by atoms with Gasteiger partial charge in [0.25, 0.3) is 0 Å². The Morgan fingerprint density at radius 3 is 2.35 bits per heavy atom. The molecule has 0 atom stereocenters. The predicted molar refractivity (Wildman–Crippen MR) is 81.7 cm³/mol. The average molecular weight is 323 g/mol. The van der Waals surface area contributed by atoms with Crippen LogP contribution >= 0.6 is 0 Å². The first kappa shape index (κ1) is 16.0. The Morgan fingerprint density at radius 2 is 1.65 bits per heavy atom. The minimum atomic E-state index is -4.40. The van der Waals surface area contributed by atoms with E-state index in [-0.39, 0.29) is 5.92 Å². The van der Waals surface area contributed by atoms with Crippen molar-refractivity contribution < 1.29 is 17.6 Å². The molecule has 23 heavy (non-hydrogen) atoms. The number of hydrogen-bond donors (Lipinski definition) is 1. The zero-order valence-electron chi connectivity index (χ0n) is 12.5. The molecule has 0 amide bonds. The molecule has 1 nitrogen and oxygen atoms in total. The number of rotatable bonds is 2. The second-order valence-electron chi connectivity index (χ2n) is 5.88. The minimum absolute atomic E-state index is 0.247. The molecule has 5 heteroatoms. The molecular formula is C18H17F4N. The lowest BCUT2D eigenvalue weighted by Crippen LogP contribution is -2.26. The van der Waals surface area contributed by atoms with Gasteiger partial charge in [-0.15, -0.1) is 0 Å². The Hall–Kier alpha value is -1.88. The number of piperidine rings is 1. The molecule has 0 aromatic heterocycles. The second kappa shape index (κ2) is 6.32. The van der Waals surface area contributed by atoms with Gasteiger partial charge in [-0.2, -0.15) is 13.2 Å². The van der Waals surface area contributed by atoms with Gasteiger partial charge < -0.3 is 5.32 Å². The van der Waals surface area contributed by atoms with E-state index in [1.807, 2.05) is 6.07 Å². The zero-order chi connectivity index (χ0) is 16.4.